The molecule has 20 heavy (non-hydrogen) atoms. The lowest BCUT2D eigenvalue weighted by atomic mass is 10.2. The molecule has 98 valence electrons. The van der Waals surface area contributed by atoms with Crippen molar-refractivity contribution < 1.29 is 0 Å². The molecule has 0 radical (unpaired) electrons. The SMILES string of the molecule is Cc1nc2ncc(Cc3cc4ncccn4n3)cn2n1. The van der Waals surface area contributed by atoms with Crippen molar-refractivity contribution >= 4 is 11.4 Å². The summed E-state index contributed by atoms with van der Waals surface area (Å²) >= 11 is 0. The molecule has 0 unspecified atom stereocenters. The summed E-state index contributed by atoms with van der Waals surface area (Å²) in [6, 6.07) is 3.83. The van der Waals surface area contributed by atoms with Crippen molar-refractivity contribution in [3.8, 4) is 0 Å². The van der Waals surface area contributed by atoms with E-state index in [4.69, 9.17) is 0 Å². The summed E-state index contributed by atoms with van der Waals surface area (Å²) in [5.41, 5.74) is 2.82. The minimum Gasteiger partial charge on any atom is -0.237 e. The van der Waals surface area contributed by atoms with Crippen molar-refractivity contribution in [2.45, 2.75) is 13.3 Å². The standard InChI is InChI=1S/C13H11N7/c1-9-16-13-15-7-10(8-20(13)17-9)5-11-6-12-14-3-2-4-19(12)18-11/h2-4,6-8H,5H2,1H3. The first-order valence-electron chi connectivity index (χ1n) is 6.25. The first kappa shape index (κ1) is 11.0. The lowest BCUT2D eigenvalue weighted by Crippen LogP contribution is -1.97. The number of hydrogen-bond acceptors (Lipinski definition) is 5. The normalized spacial score (nSPS) is 11.4. The van der Waals surface area contributed by atoms with Gasteiger partial charge in [-0.3, -0.25) is 0 Å². The fraction of sp³-hybridized carbons (Fsp3) is 0.154. The second-order valence-corrected chi connectivity index (χ2v) is 4.60. The van der Waals surface area contributed by atoms with Crippen LogP contribution in [0.1, 0.15) is 17.1 Å². The van der Waals surface area contributed by atoms with Crippen LogP contribution in [-0.4, -0.2) is 34.2 Å². The van der Waals surface area contributed by atoms with Crippen molar-refractivity contribution in [1.82, 2.24) is 34.2 Å². The van der Waals surface area contributed by atoms with Crippen LogP contribution in [0.15, 0.2) is 36.9 Å². The molecule has 0 N–H and O–H groups in total. The Morgan fingerprint density at radius 2 is 2.10 bits per heavy atom. The molecule has 4 aromatic heterocycles. The molecule has 0 aliphatic carbocycles. The van der Waals surface area contributed by atoms with Crippen LogP contribution in [0.5, 0.6) is 0 Å². The Balaban J connectivity index is 1.72. The summed E-state index contributed by atoms with van der Waals surface area (Å²) < 4.78 is 3.46. The van der Waals surface area contributed by atoms with E-state index in [9.17, 15) is 0 Å². The van der Waals surface area contributed by atoms with E-state index in [1.165, 1.54) is 0 Å². The van der Waals surface area contributed by atoms with Crippen molar-refractivity contribution in [1.29, 1.82) is 0 Å². The van der Waals surface area contributed by atoms with Gasteiger partial charge >= 0.3 is 0 Å². The minimum atomic E-state index is 0.614. The van der Waals surface area contributed by atoms with E-state index in [1.807, 2.05) is 31.5 Å². The maximum atomic E-state index is 4.47. The van der Waals surface area contributed by atoms with Crippen molar-refractivity contribution in [3.63, 3.8) is 0 Å². The molecular weight excluding hydrogens is 254 g/mol. The van der Waals surface area contributed by atoms with Gasteiger partial charge in [0.1, 0.15) is 5.82 Å². The van der Waals surface area contributed by atoms with Crippen LogP contribution in [0.3, 0.4) is 0 Å². The van der Waals surface area contributed by atoms with Crippen LogP contribution in [0.2, 0.25) is 0 Å². The van der Waals surface area contributed by atoms with Crippen LogP contribution in [-0.2, 0) is 6.42 Å². The highest BCUT2D eigenvalue weighted by Gasteiger charge is 2.06. The second-order valence-electron chi connectivity index (χ2n) is 4.60. The highest BCUT2D eigenvalue weighted by Crippen LogP contribution is 2.10. The van der Waals surface area contributed by atoms with Crippen LogP contribution >= 0.6 is 0 Å². The molecule has 0 amide bonds. The van der Waals surface area contributed by atoms with Gasteiger partial charge in [-0.25, -0.2) is 19.0 Å². The van der Waals surface area contributed by atoms with Gasteiger partial charge in [0.2, 0.25) is 0 Å². The smallest absolute Gasteiger partial charge is 0.237 e. The molecule has 4 rings (SSSR count). The fourth-order valence-corrected chi connectivity index (χ4v) is 2.19. The number of fused-ring (bicyclic) bond motifs is 2. The van der Waals surface area contributed by atoms with Crippen LogP contribution in [0.25, 0.3) is 11.4 Å². The third kappa shape index (κ3) is 1.80. The highest BCUT2D eigenvalue weighted by molar-refractivity contribution is 5.39. The molecule has 0 aromatic carbocycles. The fourth-order valence-electron chi connectivity index (χ4n) is 2.19. The molecule has 0 fully saturated rings. The van der Waals surface area contributed by atoms with E-state index in [0.29, 0.717) is 18.0 Å². The molecule has 0 aliphatic heterocycles. The van der Waals surface area contributed by atoms with Crippen LogP contribution in [0.4, 0.5) is 0 Å². The van der Waals surface area contributed by atoms with Gasteiger partial charge < -0.3 is 0 Å². The third-order valence-electron chi connectivity index (χ3n) is 3.03. The Labute approximate surface area is 113 Å². The zero-order valence-corrected chi connectivity index (χ0v) is 10.8. The lowest BCUT2D eigenvalue weighted by Gasteiger charge is -1.97. The molecular formula is C13H11N7. The average molecular weight is 265 g/mol. The van der Waals surface area contributed by atoms with E-state index < -0.39 is 0 Å². The van der Waals surface area contributed by atoms with Gasteiger partial charge in [-0.2, -0.15) is 15.2 Å². The van der Waals surface area contributed by atoms with E-state index in [-0.39, 0.29) is 0 Å². The molecule has 0 aliphatic rings. The van der Waals surface area contributed by atoms with Crippen molar-refractivity contribution in [2.75, 3.05) is 0 Å². The van der Waals surface area contributed by atoms with Crippen LogP contribution < -0.4 is 0 Å². The van der Waals surface area contributed by atoms with Gasteiger partial charge in [-0.05, 0) is 18.6 Å². The molecule has 4 heterocycles. The van der Waals surface area contributed by atoms with Gasteiger partial charge in [0.15, 0.2) is 5.65 Å². The zero-order valence-electron chi connectivity index (χ0n) is 10.8. The molecule has 0 saturated heterocycles. The monoisotopic (exact) mass is 265 g/mol. The number of aromatic nitrogens is 7. The Bertz CT molecular complexity index is 872. The summed E-state index contributed by atoms with van der Waals surface area (Å²) in [4.78, 5) is 12.8. The Morgan fingerprint density at radius 1 is 1.15 bits per heavy atom. The largest absolute Gasteiger partial charge is 0.252 e. The Kier molecular flexibility index (Phi) is 2.26. The second kappa shape index (κ2) is 4.09. The Morgan fingerprint density at radius 3 is 3.00 bits per heavy atom. The van der Waals surface area contributed by atoms with Crippen molar-refractivity contribution in [3.05, 3.63) is 54.0 Å². The van der Waals surface area contributed by atoms with Gasteiger partial charge in [-0.15, -0.1) is 0 Å². The topological polar surface area (TPSA) is 73.3 Å². The highest BCUT2D eigenvalue weighted by atomic mass is 15.3. The average Bonchev–Trinajstić information content (AvgIpc) is 2.99. The first-order chi connectivity index (χ1) is 9.78. The number of aryl methyl sites for hydroxylation is 1. The van der Waals surface area contributed by atoms with E-state index in [1.54, 1.807) is 21.4 Å². The van der Waals surface area contributed by atoms with Gasteiger partial charge in [0, 0.05) is 37.3 Å². The van der Waals surface area contributed by atoms with Gasteiger partial charge in [0.05, 0.1) is 5.69 Å². The molecule has 0 spiro atoms. The summed E-state index contributed by atoms with van der Waals surface area (Å²) in [6.45, 7) is 1.85. The quantitative estimate of drug-likeness (QED) is 0.542. The van der Waals surface area contributed by atoms with E-state index in [0.717, 1.165) is 16.9 Å². The first-order valence-corrected chi connectivity index (χ1v) is 6.25. The third-order valence-corrected chi connectivity index (χ3v) is 3.03. The predicted octanol–water partition coefficient (Wildman–Crippen LogP) is 1.07. The molecule has 7 nitrogen and oxygen atoms in total. The predicted molar refractivity (Wildman–Crippen MR) is 71.3 cm³/mol. The molecule has 7 heteroatoms. The summed E-state index contributed by atoms with van der Waals surface area (Å²) in [5.74, 6) is 1.33. The summed E-state index contributed by atoms with van der Waals surface area (Å²) in [6.07, 6.45) is 8.06. The summed E-state index contributed by atoms with van der Waals surface area (Å²) in [7, 11) is 0. The van der Waals surface area contributed by atoms with E-state index in [2.05, 4.69) is 25.1 Å². The number of rotatable bonds is 2. The molecule has 0 bridgehead atoms. The zero-order chi connectivity index (χ0) is 13.5. The number of nitrogens with zero attached hydrogens (tertiary/aromatic N) is 7. The Hall–Kier alpha value is -2.83. The maximum absolute atomic E-state index is 4.47. The number of hydrogen-bond donors (Lipinski definition) is 0. The molecule has 0 saturated carbocycles. The molecule has 0 atom stereocenters. The minimum absolute atomic E-state index is 0.614. The van der Waals surface area contributed by atoms with Crippen molar-refractivity contribution in [2.24, 2.45) is 0 Å². The summed E-state index contributed by atoms with van der Waals surface area (Å²) in [5, 5.41) is 8.74. The molecule has 4 aromatic rings. The van der Waals surface area contributed by atoms with Crippen LogP contribution in [0, 0.1) is 6.92 Å². The lowest BCUT2D eigenvalue weighted by molar-refractivity contribution is 0.872. The van der Waals surface area contributed by atoms with E-state index >= 15 is 0 Å². The van der Waals surface area contributed by atoms with Gasteiger partial charge in [-0.1, -0.05) is 0 Å². The maximum Gasteiger partial charge on any atom is 0.252 e. The van der Waals surface area contributed by atoms with Gasteiger partial charge in [0.25, 0.3) is 5.78 Å².